The van der Waals surface area contributed by atoms with Crippen molar-refractivity contribution in [2.75, 3.05) is 33.0 Å². The fourth-order valence-corrected chi connectivity index (χ4v) is 4.44. The normalized spacial score (nSPS) is 39.3. The molecule has 4 rings (SSSR count). The molecule has 3 saturated heterocycles. The van der Waals surface area contributed by atoms with Gasteiger partial charge in [-0.1, -0.05) is 0 Å². The average molecular weight is 308 g/mol. The summed E-state index contributed by atoms with van der Waals surface area (Å²) in [5, 5.41) is 11.3. The Labute approximate surface area is 130 Å². The van der Waals surface area contributed by atoms with Crippen LogP contribution in [0.25, 0.3) is 0 Å². The van der Waals surface area contributed by atoms with Gasteiger partial charge in [-0.15, -0.1) is 0 Å². The molecule has 6 nitrogen and oxygen atoms in total. The van der Waals surface area contributed by atoms with E-state index in [0.717, 1.165) is 38.2 Å². The van der Waals surface area contributed by atoms with Gasteiger partial charge in [-0.2, -0.15) is 0 Å². The number of piperidine rings is 1. The first-order valence-electron chi connectivity index (χ1n) is 8.20. The van der Waals surface area contributed by atoms with Gasteiger partial charge in [0.05, 0.1) is 24.5 Å². The second-order valence-corrected chi connectivity index (χ2v) is 6.84. The first-order valence-corrected chi connectivity index (χ1v) is 8.20. The zero-order valence-corrected chi connectivity index (χ0v) is 13.0. The molecule has 0 unspecified atom stereocenters. The van der Waals surface area contributed by atoms with E-state index < -0.39 is 5.60 Å². The number of aromatic nitrogens is 1. The lowest BCUT2D eigenvalue weighted by molar-refractivity contribution is -0.221. The molecule has 0 amide bonds. The number of nitrogens with zero attached hydrogens (tertiary/aromatic N) is 2. The Kier molecular flexibility index (Phi) is 3.72. The van der Waals surface area contributed by atoms with Gasteiger partial charge in [0.15, 0.2) is 5.89 Å². The largest absolute Gasteiger partial charge is 0.449 e. The Morgan fingerprint density at radius 2 is 2.23 bits per heavy atom. The molecule has 3 fully saturated rings. The third-order valence-electron chi connectivity index (χ3n) is 5.59. The van der Waals surface area contributed by atoms with E-state index >= 15 is 0 Å². The summed E-state index contributed by atoms with van der Waals surface area (Å²) in [5.74, 6) is 1.02. The monoisotopic (exact) mass is 308 g/mol. The molecule has 3 aliphatic heterocycles. The number of fused-ring (bicyclic) bond motifs is 3. The summed E-state index contributed by atoms with van der Waals surface area (Å²) in [6.07, 6.45) is 3.43. The molecule has 6 heteroatoms. The second kappa shape index (κ2) is 5.60. The van der Waals surface area contributed by atoms with E-state index in [-0.39, 0.29) is 11.8 Å². The third-order valence-corrected chi connectivity index (χ3v) is 5.59. The minimum atomic E-state index is -0.639. The molecular weight excluding hydrogens is 284 g/mol. The topological polar surface area (TPSA) is 68.0 Å². The summed E-state index contributed by atoms with van der Waals surface area (Å²) in [6.45, 7) is 6.19. The number of likely N-dealkylation sites (tertiary alicyclic amines) is 1. The molecule has 0 bridgehead atoms. The lowest BCUT2D eigenvalue weighted by Crippen LogP contribution is -2.67. The van der Waals surface area contributed by atoms with Crippen molar-refractivity contribution in [2.45, 2.75) is 38.0 Å². The van der Waals surface area contributed by atoms with Crippen molar-refractivity contribution in [3.8, 4) is 0 Å². The van der Waals surface area contributed by atoms with Crippen LogP contribution in [0.2, 0.25) is 0 Å². The van der Waals surface area contributed by atoms with Crippen molar-refractivity contribution in [1.29, 1.82) is 0 Å². The average Bonchev–Trinajstić information content (AvgIpc) is 2.94. The predicted molar refractivity (Wildman–Crippen MR) is 78.2 cm³/mol. The van der Waals surface area contributed by atoms with Crippen LogP contribution < -0.4 is 0 Å². The predicted octanol–water partition coefficient (Wildman–Crippen LogP) is 0.971. The molecule has 1 aromatic rings. The van der Waals surface area contributed by atoms with Crippen LogP contribution in [0.4, 0.5) is 0 Å². The van der Waals surface area contributed by atoms with Crippen LogP contribution in [0.5, 0.6) is 0 Å². The highest BCUT2D eigenvalue weighted by atomic mass is 16.5. The quantitative estimate of drug-likeness (QED) is 0.878. The Morgan fingerprint density at radius 3 is 3.05 bits per heavy atom. The van der Waals surface area contributed by atoms with Gasteiger partial charge in [0.25, 0.3) is 0 Å². The molecule has 0 radical (unpaired) electrons. The zero-order valence-electron chi connectivity index (χ0n) is 13.0. The van der Waals surface area contributed by atoms with Crippen LogP contribution in [0.3, 0.4) is 0 Å². The number of aryl methyl sites for hydroxylation is 1. The van der Waals surface area contributed by atoms with Crippen LogP contribution >= 0.6 is 0 Å². The third kappa shape index (κ3) is 2.38. The van der Waals surface area contributed by atoms with E-state index in [4.69, 9.17) is 13.9 Å². The van der Waals surface area contributed by atoms with Crippen molar-refractivity contribution in [3.63, 3.8) is 0 Å². The van der Waals surface area contributed by atoms with E-state index in [1.165, 1.54) is 0 Å². The maximum atomic E-state index is 11.3. The summed E-state index contributed by atoms with van der Waals surface area (Å²) in [6, 6.07) is 0.352. The van der Waals surface area contributed by atoms with Crippen LogP contribution in [0.1, 0.15) is 24.4 Å². The van der Waals surface area contributed by atoms with E-state index in [1.54, 1.807) is 6.26 Å². The van der Waals surface area contributed by atoms with Gasteiger partial charge in [-0.3, -0.25) is 4.90 Å². The van der Waals surface area contributed by atoms with Crippen molar-refractivity contribution < 1.29 is 19.0 Å². The molecule has 122 valence electrons. The minimum Gasteiger partial charge on any atom is -0.449 e. The van der Waals surface area contributed by atoms with Crippen molar-refractivity contribution in [3.05, 3.63) is 17.8 Å². The van der Waals surface area contributed by atoms with E-state index in [9.17, 15) is 5.11 Å². The van der Waals surface area contributed by atoms with Crippen molar-refractivity contribution >= 4 is 0 Å². The van der Waals surface area contributed by atoms with Crippen molar-refractivity contribution in [2.24, 2.45) is 11.8 Å². The fourth-order valence-electron chi connectivity index (χ4n) is 4.44. The van der Waals surface area contributed by atoms with E-state index in [0.29, 0.717) is 31.8 Å². The Bertz CT molecular complexity index is 534. The maximum absolute atomic E-state index is 11.3. The Hall–Kier alpha value is -0.950. The lowest BCUT2D eigenvalue weighted by atomic mass is 9.66. The van der Waals surface area contributed by atoms with Gasteiger partial charge in [-0.05, 0) is 6.42 Å². The zero-order chi connectivity index (χ0) is 15.2. The van der Waals surface area contributed by atoms with Crippen LogP contribution in [0.15, 0.2) is 10.7 Å². The maximum Gasteiger partial charge on any atom is 0.191 e. The van der Waals surface area contributed by atoms with Gasteiger partial charge in [0.2, 0.25) is 0 Å². The molecule has 1 N–H and O–H groups in total. The summed E-state index contributed by atoms with van der Waals surface area (Å²) in [7, 11) is 0. The molecule has 3 aliphatic rings. The highest BCUT2D eigenvalue weighted by Crippen LogP contribution is 2.44. The van der Waals surface area contributed by atoms with Gasteiger partial charge in [-0.25, -0.2) is 4.98 Å². The van der Waals surface area contributed by atoms with Crippen LogP contribution in [-0.2, 0) is 16.0 Å². The fraction of sp³-hybridized carbons (Fsp3) is 0.812. The summed E-state index contributed by atoms with van der Waals surface area (Å²) < 4.78 is 16.7. The number of ether oxygens (including phenoxy) is 2. The standard InChI is InChI=1S/C16H24N2O4/c1-11-17-13(9-22-11)7-18-6-12-8-21-5-3-16(12,19)14-10-20-4-2-15(14)18/h9,12,14-15,19H,2-8,10H2,1H3/t12-,14+,15-,16-/m0/s1. The number of rotatable bonds is 2. The SMILES string of the molecule is Cc1nc(CN2C[C@H]3COCC[C@@]3(O)[C@@H]3COCC[C@@H]32)co1. The smallest absolute Gasteiger partial charge is 0.191 e. The minimum absolute atomic E-state index is 0.150. The van der Waals surface area contributed by atoms with E-state index in [2.05, 4.69) is 9.88 Å². The molecule has 0 aromatic carbocycles. The number of hydrogen-bond acceptors (Lipinski definition) is 6. The molecule has 0 aliphatic carbocycles. The van der Waals surface area contributed by atoms with Crippen LogP contribution in [-0.4, -0.2) is 59.6 Å². The lowest BCUT2D eigenvalue weighted by Gasteiger charge is -2.57. The van der Waals surface area contributed by atoms with Gasteiger partial charge >= 0.3 is 0 Å². The highest BCUT2D eigenvalue weighted by molar-refractivity contribution is 5.07. The van der Waals surface area contributed by atoms with E-state index in [1.807, 2.05) is 6.92 Å². The summed E-state index contributed by atoms with van der Waals surface area (Å²) in [5.41, 5.74) is 0.324. The van der Waals surface area contributed by atoms with Crippen molar-refractivity contribution in [1.82, 2.24) is 9.88 Å². The molecule has 1 aromatic heterocycles. The molecule has 0 spiro atoms. The summed E-state index contributed by atoms with van der Waals surface area (Å²) >= 11 is 0. The molecule has 22 heavy (non-hydrogen) atoms. The summed E-state index contributed by atoms with van der Waals surface area (Å²) in [4.78, 5) is 6.87. The molecule has 4 heterocycles. The first-order chi connectivity index (χ1) is 10.7. The first kappa shape index (κ1) is 14.6. The Morgan fingerprint density at radius 1 is 1.36 bits per heavy atom. The number of hydrogen-bond donors (Lipinski definition) is 1. The number of oxazole rings is 1. The van der Waals surface area contributed by atoms with Gasteiger partial charge in [0.1, 0.15) is 6.26 Å². The van der Waals surface area contributed by atoms with Crippen LogP contribution in [0, 0.1) is 18.8 Å². The number of aliphatic hydroxyl groups is 1. The highest BCUT2D eigenvalue weighted by Gasteiger charge is 2.55. The van der Waals surface area contributed by atoms with Gasteiger partial charge < -0.3 is 19.0 Å². The molecule has 4 atom stereocenters. The molecule has 0 saturated carbocycles. The Balaban J connectivity index is 1.59. The molecular formula is C16H24N2O4. The van der Waals surface area contributed by atoms with Gasteiger partial charge in [0, 0.05) is 57.5 Å². The second-order valence-electron chi connectivity index (χ2n) is 6.84.